The van der Waals surface area contributed by atoms with Gasteiger partial charge in [-0.1, -0.05) is 116 Å². The Morgan fingerprint density at radius 3 is 0.543 bits per heavy atom. The van der Waals surface area contributed by atoms with Gasteiger partial charge < -0.3 is 0 Å². The zero-order valence-electron chi connectivity index (χ0n) is 29.0. The van der Waals surface area contributed by atoms with Crippen LogP contribution < -0.4 is 0 Å². The molecule has 6 aliphatic carbocycles. The second-order valence-electron chi connectivity index (χ2n) is 15.4. The van der Waals surface area contributed by atoms with Gasteiger partial charge >= 0.3 is 0 Å². The Hall–Kier alpha value is 3.39. The molecule has 0 aromatic carbocycles. The van der Waals surface area contributed by atoms with Gasteiger partial charge in [0.25, 0.3) is 0 Å². The van der Waals surface area contributed by atoms with Crippen molar-refractivity contribution in [3.05, 3.63) is 0 Å². The van der Waals surface area contributed by atoms with Gasteiger partial charge in [-0.3, -0.25) is 0 Å². The Balaban J connectivity index is 1.34. The monoisotopic (exact) mass is 796 g/mol. The van der Waals surface area contributed by atoms with Crippen LogP contribution in [0.3, 0.4) is 0 Å². The number of hydrogen-bond donors (Lipinski definition) is 0. The van der Waals surface area contributed by atoms with Crippen LogP contribution in [-0.4, -0.2) is 36.6 Å². The molecule has 6 fully saturated rings. The highest BCUT2D eigenvalue weighted by Gasteiger charge is 2.45. The van der Waals surface area contributed by atoms with Crippen molar-refractivity contribution in [1.29, 1.82) is 0 Å². The van der Waals surface area contributed by atoms with Gasteiger partial charge in [-0.25, -0.2) is 0 Å². The minimum Gasteiger partial charge on any atom is -0.118 e. The van der Waals surface area contributed by atoms with Crippen LogP contribution in [0.25, 0.3) is 0 Å². The van der Waals surface area contributed by atoms with Gasteiger partial charge in [-0.05, 0) is 77.0 Å². The van der Waals surface area contributed by atoms with E-state index in [1.165, 1.54) is 193 Å². The van der Waals surface area contributed by atoms with E-state index in [0.717, 1.165) is 36.6 Å². The summed E-state index contributed by atoms with van der Waals surface area (Å²) in [5.41, 5.74) is 0. The highest BCUT2D eigenvalue weighted by Crippen LogP contribution is 2.93. The normalized spacial score (nSPS) is 26.6. The van der Waals surface area contributed by atoms with Crippen molar-refractivity contribution >= 4 is 87.3 Å². The fourth-order valence-corrected chi connectivity index (χ4v) is 58.1. The Morgan fingerprint density at radius 2 is 0.391 bits per heavy atom. The van der Waals surface area contributed by atoms with E-state index in [1.807, 2.05) is 0 Å². The topological polar surface area (TPSA) is 0 Å². The molecule has 0 heterocycles. The average molecular weight is 797 g/mol. The zero-order valence-corrected chi connectivity index (χ0v) is 36.6. The molecule has 0 aromatic heterocycles. The molecule has 0 saturated heterocycles. The van der Waals surface area contributed by atoms with Crippen molar-refractivity contribution in [2.45, 2.75) is 229 Å². The predicted octanol–water partition coefficient (Wildman–Crippen LogP) is 17.6. The quantitative estimate of drug-likeness (QED) is 0.150. The van der Waals surface area contributed by atoms with E-state index in [9.17, 15) is 0 Å². The van der Waals surface area contributed by atoms with Crippen LogP contribution >= 0.6 is 87.3 Å². The van der Waals surface area contributed by atoms with Crippen LogP contribution in [-0.2, 0) is 0 Å². The van der Waals surface area contributed by atoms with Crippen molar-refractivity contribution in [2.24, 2.45) is 0 Å². The lowest BCUT2D eigenvalue weighted by molar-refractivity contribution is 0.517. The Bertz CT molecular complexity index is 638. The fraction of sp³-hybridized carbons (Fsp3) is 1.00. The summed E-state index contributed by atoms with van der Waals surface area (Å²) in [5.74, 6) is 0. The van der Waals surface area contributed by atoms with Crippen LogP contribution in [0.4, 0.5) is 0 Å². The highest BCUT2D eigenvalue weighted by atomic mass is 33.1. The van der Waals surface area contributed by atoms with Crippen molar-refractivity contribution in [3.63, 3.8) is 0 Å². The van der Waals surface area contributed by atoms with Crippen molar-refractivity contribution < 1.29 is 0 Å². The van der Waals surface area contributed by atoms with Crippen LogP contribution in [0.1, 0.15) is 193 Å². The van der Waals surface area contributed by atoms with E-state index in [1.54, 1.807) is 0 Å². The summed E-state index contributed by atoms with van der Waals surface area (Å²) in [4.78, 5) is 0. The lowest BCUT2D eigenvalue weighted by Gasteiger charge is -2.44. The summed E-state index contributed by atoms with van der Waals surface area (Å²) in [5, 5.41) is 6.90. The van der Waals surface area contributed by atoms with E-state index in [2.05, 4.69) is 68.3 Å². The van der Waals surface area contributed by atoms with E-state index in [4.69, 9.17) is 0 Å². The van der Waals surface area contributed by atoms with Gasteiger partial charge in [0.05, 0.1) is 5.14 Å². The molecule has 0 atom stereocenters. The molecule has 0 nitrogen and oxygen atoms in total. The lowest BCUT2D eigenvalue weighted by Crippen LogP contribution is -2.15. The van der Waals surface area contributed by atoms with Crippen molar-refractivity contribution in [3.8, 4) is 0 Å². The summed E-state index contributed by atoms with van der Waals surface area (Å²) in [7, 11) is 0. The molecule has 0 amide bonds. The van der Waals surface area contributed by atoms with Crippen LogP contribution in [0, 0.1) is 0 Å². The molecule has 6 aliphatic rings. The van der Waals surface area contributed by atoms with Crippen LogP contribution in [0.5, 0.6) is 0 Å². The molecule has 266 valence electrons. The van der Waals surface area contributed by atoms with Crippen LogP contribution in [0.15, 0.2) is 0 Å². The molecule has 6 rings (SSSR count). The maximum absolute atomic E-state index is 2.68. The van der Waals surface area contributed by atoms with Crippen molar-refractivity contribution in [1.82, 2.24) is 0 Å². The molecule has 0 aromatic rings. The molecule has 9 heteroatoms. The Labute approximate surface area is 314 Å². The third-order valence-corrected chi connectivity index (χ3v) is 45.7. The van der Waals surface area contributed by atoms with E-state index < -0.39 is 0 Å². The van der Waals surface area contributed by atoms with E-state index in [0.29, 0.717) is 0 Å². The van der Waals surface area contributed by atoms with Gasteiger partial charge in [0.2, 0.25) is 0 Å². The first-order valence-electron chi connectivity index (χ1n) is 20.2. The summed E-state index contributed by atoms with van der Waals surface area (Å²) < 4.78 is 0. The molecule has 0 radical (unpaired) electrons. The minimum atomic E-state index is -0.0484. The van der Waals surface area contributed by atoms with Gasteiger partial charge in [0.1, 0.15) is 0 Å². The fourth-order valence-electron chi connectivity index (χ4n) is 8.54. The molecule has 6 saturated carbocycles. The summed E-state index contributed by atoms with van der Waals surface area (Å²) in [6.45, 7) is 0. The van der Waals surface area contributed by atoms with Crippen LogP contribution in [0.2, 0.25) is 0 Å². The molecule has 0 spiro atoms. The van der Waals surface area contributed by atoms with E-state index >= 15 is 0 Å². The molecular weight excluding hydrogens is 730 g/mol. The number of rotatable bonds is 15. The first kappa shape index (κ1) is 39.1. The van der Waals surface area contributed by atoms with Crippen molar-refractivity contribution in [2.75, 3.05) is 0 Å². The first-order valence-corrected chi connectivity index (χ1v) is 33.3. The third kappa shape index (κ3) is 13.4. The predicted molar refractivity (Wildman–Crippen MR) is 231 cm³/mol. The Kier molecular flexibility index (Phi) is 19.2. The first-order chi connectivity index (χ1) is 22.8. The molecule has 0 unspecified atom stereocenters. The largest absolute Gasteiger partial charge is 0.118 e. The lowest BCUT2D eigenvalue weighted by atomic mass is 10.0. The standard InChI is InChI=1S/C37H67P3S6/c1-7-19-31(20-8-1)41-38(42-32-21-9-2-10-22-32)37(39(43-33-23-11-3-12-24-33)44-34-25-13-4-14-26-34)40(45-35-27-15-5-16-28-35)46-36-29-17-6-18-30-36/h31-37H,1-30H2. The molecular formula is C37H67P3S6. The number of hydrogen-bond acceptors (Lipinski definition) is 6. The summed E-state index contributed by atoms with van der Waals surface area (Å²) in [6, 6.07) is 0. The smallest absolute Gasteiger partial charge is 0.0747 e. The SMILES string of the molecule is C1CCC(SP(SC2CCCCC2)C(P(SC2CCCCC2)SC2CCCCC2)P(SC2CCCCC2)SC2CCCCC2)CC1. The van der Waals surface area contributed by atoms with Gasteiger partial charge in [0, 0.05) is 50.5 Å². The maximum Gasteiger partial charge on any atom is 0.0747 e. The van der Waals surface area contributed by atoms with Gasteiger partial charge in [-0.2, -0.15) is 0 Å². The average Bonchev–Trinajstić information content (AvgIpc) is 3.11. The molecule has 0 aliphatic heterocycles. The van der Waals surface area contributed by atoms with Gasteiger partial charge in [0.15, 0.2) is 0 Å². The summed E-state index contributed by atoms with van der Waals surface area (Å²) in [6.07, 6.45) is 45.6. The van der Waals surface area contributed by atoms with E-state index in [-0.39, 0.29) is 19.0 Å². The second kappa shape index (κ2) is 22.6. The zero-order chi connectivity index (χ0) is 31.2. The Morgan fingerprint density at radius 1 is 0.239 bits per heavy atom. The highest BCUT2D eigenvalue weighted by molar-refractivity contribution is 9.01. The minimum absolute atomic E-state index is 0.0484. The summed E-state index contributed by atoms with van der Waals surface area (Å²) >= 11 is 16.1. The molecule has 0 N–H and O–H groups in total. The van der Waals surface area contributed by atoms with Gasteiger partial charge in [-0.15, -0.1) is 68.3 Å². The third-order valence-electron chi connectivity index (χ3n) is 11.4. The second-order valence-corrected chi connectivity index (χ2v) is 38.1. The maximum atomic E-state index is 2.68. The molecule has 0 bridgehead atoms. The molecule has 46 heavy (non-hydrogen) atoms.